The molecule has 1 N–H and O–H groups in total. The van der Waals surface area contributed by atoms with Crippen molar-refractivity contribution in [2.45, 2.75) is 13.0 Å². The van der Waals surface area contributed by atoms with Gasteiger partial charge in [-0.05, 0) is 24.6 Å². The number of aryl methyl sites for hydroxylation is 1. The fraction of sp³-hybridized carbons (Fsp3) is 0.188. The van der Waals surface area contributed by atoms with Crippen molar-refractivity contribution < 1.29 is 14.3 Å². The zero-order valence-electron chi connectivity index (χ0n) is 11.3. The van der Waals surface area contributed by atoms with Gasteiger partial charge in [0.1, 0.15) is 23.2 Å². The second-order valence-electron chi connectivity index (χ2n) is 4.66. The van der Waals surface area contributed by atoms with Gasteiger partial charge in [-0.25, -0.2) is 0 Å². The number of hydrogen-bond acceptors (Lipinski definition) is 4. The molecule has 0 bridgehead atoms. The summed E-state index contributed by atoms with van der Waals surface area (Å²) >= 11 is 0. The van der Waals surface area contributed by atoms with Crippen LogP contribution in [0.15, 0.2) is 47.1 Å². The molecule has 102 valence electrons. The third-order valence-corrected chi connectivity index (χ3v) is 3.36. The van der Waals surface area contributed by atoms with Crippen LogP contribution in [0.3, 0.4) is 0 Å². The van der Waals surface area contributed by atoms with Gasteiger partial charge in [0, 0.05) is 17.1 Å². The van der Waals surface area contributed by atoms with Crippen molar-refractivity contribution in [1.82, 2.24) is 4.98 Å². The van der Waals surface area contributed by atoms with Crippen molar-refractivity contribution >= 4 is 11.0 Å². The number of benzene rings is 1. The fourth-order valence-corrected chi connectivity index (χ4v) is 2.30. The maximum absolute atomic E-state index is 10.5. The van der Waals surface area contributed by atoms with Crippen molar-refractivity contribution in [2.24, 2.45) is 0 Å². The second kappa shape index (κ2) is 4.98. The highest BCUT2D eigenvalue weighted by Gasteiger charge is 2.19. The molecule has 4 heteroatoms. The average molecular weight is 269 g/mol. The highest BCUT2D eigenvalue weighted by Crippen LogP contribution is 2.33. The highest BCUT2D eigenvalue weighted by molar-refractivity contribution is 5.81. The first-order chi connectivity index (χ1) is 9.70. The number of ether oxygens (including phenoxy) is 1. The number of methoxy groups -OCH3 is 1. The standard InChI is InChI=1S/C16H15NO3/c1-10-4-3-5-11-8-13(20-16(10)11)15(18)12-6-7-17-9-14(12)19-2/h3-9,15,18H,1-2H3. The summed E-state index contributed by atoms with van der Waals surface area (Å²) in [4.78, 5) is 3.98. The summed E-state index contributed by atoms with van der Waals surface area (Å²) in [5, 5.41) is 11.5. The van der Waals surface area contributed by atoms with Gasteiger partial charge in [0.15, 0.2) is 0 Å². The van der Waals surface area contributed by atoms with Crippen LogP contribution in [0.5, 0.6) is 5.75 Å². The minimum atomic E-state index is -0.875. The van der Waals surface area contributed by atoms with E-state index in [1.165, 1.54) is 0 Å². The first-order valence-electron chi connectivity index (χ1n) is 6.35. The molecule has 0 aliphatic heterocycles. The Labute approximate surface area is 116 Å². The molecule has 0 saturated heterocycles. The fourth-order valence-electron chi connectivity index (χ4n) is 2.30. The first kappa shape index (κ1) is 12.7. The van der Waals surface area contributed by atoms with Crippen LogP contribution in [-0.2, 0) is 0 Å². The minimum Gasteiger partial charge on any atom is -0.495 e. The van der Waals surface area contributed by atoms with Gasteiger partial charge < -0.3 is 14.3 Å². The quantitative estimate of drug-likeness (QED) is 0.793. The van der Waals surface area contributed by atoms with Crippen molar-refractivity contribution in [1.29, 1.82) is 0 Å². The molecular formula is C16H15NO3. The van der Waals surface area contributed by atoms with Crippen LogP contribution >= 0.6 is 0 Å². The highest BCUT2D eigenvalue weighted by atomic mass is 16.5. The minimum absolute atomic E-state index is 0.499. The summed E-state index contributed by atoms with van der Waals surface area (Å²) in [6.07, 6.45) is 2.32. The molecule has 2 aromatic heterocycles. The normalized spacial score (nSPS) is 12.6. The van der Waals surface area contributed by atoms with E-state index < -0.39 is 6.10 Å². The molecule has 20 heavy (non-hydrogen) atoms. The van der Waals surface area contributed by atoms with Gasteiger partial charge in [-0.2, -0.15) is 0 Å². The monoisotopic (exact) mass is 269 g/mol. The molecule has 0 radical (unpaired) electrons. The molecule has 3 rings (SSSR count). The summed E-state index contributed by atoms with van der Waals surface area (Å²) in [6, 6.07) is 9.49. The molecule has 0 spiro atoms. The molecule has 3 aromatic rings. The maximum atomic E-state index is 10.5. The molecule has 2 heterocycles. The molecule has 0 saturated carbocycles. The predicted octanol–water partition coefficient (Wildman–Crippen LogP) is 3.23. The molecule has 0 fully saturated rings. The summed E-state index contributed by atoms with van der Waals surface area (Å²) in [5.41, 5.74) is 2.48. The van der Waals surface area contributed by atoms with Crippen LogP contribution in [0, 0.1) is 6.92 Å². The van der Waals surface area contributed by atoms with Gasteiger partial charge in [-0.1, -0.05) is 18.2 Å². The van der Waals surface area contributed by atoms with E-state index in [4.69, 9.17) is 9.15 Å². The number of pyridine rings is 1. The van der Waals surface area contributed by atoms with Crippen LogP contribution in [0.1, 0.15) is 23.0 Å². The molecule has 4 nitrogen and oxygen atoms in total. The van der Waals surface area contributed by atoms with E-state index in [0.29, 0.717) is 17.1 Å². The Morgan fingerprint density at radius 3 is 2.90 bits per heavy atom. The lowest BCUT2D eigenvalue weighted by atomic mass is 10.1. The van der Waals surface area contributed by atoms with Crippen molar-refractivity contribution in [3.63, 3.8) is 0 Å². The van der Waals surface area contributed by atoms with Gasteiger partial charge in [-0.3, -0.25) is 4.98 Å². The number of aromatic nitrogens is 1. The predicted molar refractivity (Wildman–Crippen MR) is 75.8 cm³/mol. The summed E-state index contributed by atoms with van der Waals surface area (Å²) < 4.78 is 11.0. The lowest BCUT2D eigenvalue weighted by molar-refractivity contribution is 0.187. The summed E-state index contributed by atoms with van der Waals surface area (Å²) in [7, 11) is 1.55. The maximum Gasteiger partial charge on any atom is 0.143 e. The van der Waals surface area contributed by atoms with E-state index in [1.807, 2.05) is 31.2 Å². The largest absolute Gasteiger partial charge is 0.495 e. The third-order valence-electron chi connectivity index (χ3n) is 3.36. The van der Waals surface area contributed by atoms with Gasteiger partial charge in [0.25, 0.3) is 0 Å². The number of aliphatic hydroxyl groups excluding tert-OH is 1. The molecule has 1 atom stereocenters. The topological polar surface area (TPSA) is 55.5 Å². The number of para-hydroxylation sites is 1. The SMILES string of the molecule is COc1cnccc1C(O)c1cc2cccc(C)c2o1. The number of fused-ring (bicyclic) bond motifs is 1. The van der Waals surface area contributed by atoms with Crippen LogP contribution in [0.4, 0.5) is 0 Å². The first-order valence-corrected chi connectivity index (χ1v) is 6.35. The van der Waals surface area contributed by atoms with E-state index in [1.54, 1.807) is 25.6 Å². The van der Waals surface area contributed by atoms with Crippen molar-refractivity contribution in [3.8, 4) is 5.75 Å². The summed E-state index contributed by atoms with van der Waals surface area (Å²) in [6.45, 7) is 1.98. The molecular weight excluding hydrogens is 254 g/mol. The van der Waals surface area contributed by atoms with Gasteiger partial charge in [0.05, 0.1) is 13.3 Å². The average Bonchev–Trinajstić information content (AvgIpc) is 2.92. The van der Waals surface area contributed by atoms with Gasteiger partial charge in [0.2, 0.25) is 0 Å². The number of rotatable bonds is 3. The number of furan rings is 1. The molecule has 0 aliphatic rings. The number of hydrogen-bond donors (Lipinski definition) is 1. The van der Waals surface area contributed by atoms with E-state index in [0.717, 1.165) is 16.5 Å². The van der Waals surface area contributed by atoms with E-state index in [2.05, 4.69) is 4.98 Å². The van der Waals surface area contributed by atoms with Crippen molar-refractivity contribution in [3.05, 3.63) is 59.6 Å². The van der Waals surface area contributed by atoms with Crippen LogP contribution in [-0.4, -0.2) is 17.2 Å². The molecule has 1 aromatic carbocycles. The Morgan fingerprint density at radius 2 is 2.15 bits per heavy atom. The molecule has 0 amide bonds. The van der Waals surface area contributed by atoms with E-state index in [-0.39, 0.29) is 0 Å². The number of aliphatic hydroxyl groups is 1. The second-order valence-corrected chi connectivity index (χ2v) is 4.66. The van der Waals surface area contributed by atoms with Gasteiger partial charge >= 0.3 is 0 Å². The molecule has 1 unspecified atom stereocenters. The van der Waals surface area contributed by atoms with E-state index >= 15 is 0 Å². The Kier molecular flexibility index (Phi) is 3.16. The Balaban J connectivity index is 2.08. The summed E-state index contributed by atoms with van der Waals surface area (Å²) in [5.74, 6) is 1.04. The van der Waals surface area contributed by atoms with Gasteiger partial charge in [-0.15, -0.1) is 0 Å². The molecule has 0 aliphatic carbocycles. The lowest BCUT2D eigenvalue weighted by Crippen LogP contribution is -2.01. The lowest BCUT2D eigenvalue weighted by Gasteiger charge is -2.11. The Hall–Kier alpha value is -2.33. The zero-order chi connectivity index (χ0) is 14.1. The number of nitrogens with zero attached hydrogens (tertiary/aromatic N) is 1. The van der Waals surface area contributed by atoms with E-state index in [9.17, 15) is 5.11 Å². The van der Waals surface area contributed by atoms with Crippen molar-refractivity contribution in [2.75, 3.05) is 7.11 Å². The Morgan fingerprint density at radius 1 is 1.30 bits per heavy atom. The van der Waals surface area contributed by atoms with Crippen LogP contribution in [0.25, 0.3) is 11.0 Å². The smallest absolute Gasteiger partial charge is 0.143 e. The Bertz CT molecular complexity index is 748. The van der Waals surface area contributed by atoms with Crippen LogP contribution < -0.4 is 4.74 Å². The van der Waals surface area contributed by atoms with Crippen LogP contribution in [0.2, 0.25) is 0 Å². The zero-order valence-corrected chi connectivity index (χ0v) is 11.3. The third kappa shape index (κ3) is 2.04.